The van der Waals surface area contributed by atoms with Gasteiger partial charge in [-0.2, -0.15) is 0 Å². The van der Waals surface area contributed by atoms with Gasteiger partial charge in [0.2, 0.25) is 5.91 Å². The van der Waals surface area contributed by atoms with Crippen molar-refractivity contribution in [3.05, 3.63) is 47.5 Å². The molecule has 2 aromatic rings. The molecule has 2 unspecified atom stereocenters. The molecule has 8 heteroatoms. The van der Waals surface area contributed by atoms with Crippen molar-refractivity contribution in [1.29, 1.82) is 0 Å². The molecule has 0 radical (unpaired) electrons. The fourth-order valence-corrected chi connectivity index (χ4v) is 4.29. The van der Waals surface area contributed by atoms with Crippen LogP contribution in [0.3, 0.4) is 0 Å². The molecule has 2 aliphatic heterocycles. The zero-order valence-electron chi connectivity index (χ0n) is 19.5. The van der Waals surface area contributed by atoms with Crippen LogP contribution in [0, 0.1) is 13.8 Å². The molecule has 2 N–H and O–H groups in total. The van der Waals surface area contributed by atoms with Gasteiger partial charge < -0.3 is 24.6 Å². The van der Waals surface area contributed by atoms with Crippen molar-refractivity contribution >= 4 is 11.6 Å². The number of para-hydroxylation sites is 1. The normalized spacial score (nSPS) is 19.7. The van der Waals surface area contributed by atoms with Crippen LogP contribution in [0.2, 0.25) is 0 Å². The highest BCUT2D eigenvalue weighted by Crippen LogP contribution is 2.35. The summed E-state index contributed by atoms with van der Waals surface area (Å²) in [6.45, 7) is 8.29. The number of piperazine rings is 1. The number of carbonyl (C=O) groups excluding carboxylic acids is 1. The van der Waals surface area contributed by atoms with Crippen LogP contribution in [0.15, 0.2) is 36.4 Å². The average Bonchev–Trinajstić information content (AvgIpc) is 2.82. The number of methoxy groups -OCH3 is 1. The van der Waals surface area contributed by atoms with E-state index < -0.39 is 12.2 Å². The molecule has 2 heterocycles. The third-order valence-electron chi connectivity index (χ3n) is 6.28. The van der Waals surface area contributed by atoms with E-state index in [1.807, 2.05) is 38.1 Å². The minimum Gasteiger partial charge on any atom is -0.497 e. The summed E-state index contributed by atoms with van der Waals surface area (Å²) in [6, 6.07) is 11.4. The van der Waals surface area contributed by atoms with E-state index in [0.29, 0.717) is 36.9 Å². The molecule has 0 aliphatic carbocycles. The lowest BCUT2D eigenvalue weighted by molar-refractivity contribution is -0.117. The molecule has 178 valence electrons. The average molecular weight is 456 g/mol. The number of aliphatic hydroxyl groups excluding tert-OH is 1. The quantitative estimate of drug-likeness (QED) is 0.661. The van der Waals surface area contributed by atoms with E-state index in [1.165, 1.54) is 0 Å². The predicted molar refractivity (Wildman–Crippen MR) is 126 cm³/mol. The van der Waals surface area contributed by atoms with Crippen molar-refractivity contribution < 1.29 is 24.1 Å². The second-order valence-electron chi connectivity index (χ2n) is 8.74. The van der Waals surface area contributed by atoms with Crippen LogP contribution >= 0.6 is 0 Å². The van der Waals surface area contributed by atoms with Gasteiger partial charge in [0.15, 0.2) is 17.6 Å². The summed E-state index contributed by atoms with van der Waals surface area (Å²) in [5.74, 6) is 1.96. The molecule has 2 aliphatic rings. The first-order valence-electron chi connectivity index (χ1n) is 11.4. The van der Waals surface area contributed by atoms with E-state index in [4.69, 9.17) is 14.2 Å². The number of nitrogens with one attached hydrogen (secondary N) is 1. The van der Waals surface area contributed by atoms with Crippen molar-refractivity contribution in [3.8, 4) is 17.2 Å². The number of benzene rings is 2. The van der Waals surface area contributed by atoms with Crippen LogP contribution in [-0.2, 0) is 4.79 Å². The molecule has 0 saturated carbocycles. The second-order valence-corrected chi connectivity index (χ2v) is 8.74. The molecule has 4 rings (SSSR count). The third kappa shape index (κ3) is 5.76. The Labute approximate surface area is 195 Å². The van der Waals surface area contributed by atoms with E-state index in [-0.39, 0.29) is 5.91 Å². The standard InChI is InChI=1S/C25H33N3O5/c1-17-5-4-6-18(2)25(17)26-24(30)15-28-11-9-27(10-12-28)14-20(29)23-16-32-22-13-19(31-3)7-8-21(22)33-23/h4-8,13,20,23,29H,9-12,14-16H2,1-3H3,(H,26,30). The minimum absolute atomic E-state index is 0.00364. The molecule has 0 spiro atoms. The lowest BCUT2D eigenvalue weighted by Crippen LogP contribution is -2.53. The van der Waals surface area contributed by atoms with Gasteiger partial charge in [0.25, 0.3) is 0 Å². The molecule has 1 saturated heterocycles. The van der Waals surface area contributed by atoms with Crippen molar-refractivity contribution in [1.82, 2.24) is 9.80 Å². The van der Waals surface area contributed by atoms with E-state index in [9.17, 15) is 9.90 Å². The Morgan fingerprint density at radius 1 is 1.12 bits per heavy atom. The summed E-state index contributed by atoms with van der Waals surface area (Å²) in [6.07, 6.45) is -1.09. The predicted octanol–water partition coefficient (Wildman–Crippen LogP) is 2.07. The number of hydrogen-bond acceptors (Lipinski definition) is 7. The number of hydrogen-bond donors (Lipinski definition) is 2. The highest BCUT2D eigenvalue weighted by atomic mass is 16.6. The number of anilines is 1. The van der Waals surface area contributed by atoms with E-state index in [1.54, 1.807) is 19.2 Å². The summed E-state index contributed by atoms with van der Waals surface area (Å²) >= 11 is 0. The first kappa shape index (κ1) is 23.4. The second kappa shape index (κ2) is 10.4. The zero-order valence-corrected chi connectivity index (χ0v) is 19.5. The number of aryl methyl sites for hydroxylation is 2. The van der Waals surface area contributed by atoms with Crippen LogP contribution in [0.5, 0.6) is 17.2 Å². The van der Waals surface area contributed by atoms with Crippen LogP contribution in [0.1, 0.15) is 11.1 Å². The number of carbonyl (C=O) groups is 1. The Morgan fingerprint density at radius 3 is 2.52 bits per heavy atom. The lowest BCUT2D eigenvalue weighted by atomic mass is 10.1. The van der Waals surface area contributed by atoms with Gasteiger partial charge in [-0.1, -0.05) is 18.2 Å². The van der Waals surface area contributed by atoms with Crippen molar-refractivity contribution in [3.63, 3.8) is 0 Å². The number of ether oxygens (including phenoxy) is 3. The molecule has 33 heavy (non-hydrogen) atoms. The van der Waals surface area contributed by atoms with Gasteiger partial charge in [0.05, 0.1) is 13.7 Å². The van der Waals surface area contributed by atoms with Crippen LogP contribution in [-0.4, -0.2) is 86.0 Å². The SMILES string of the molecule is COc1ccc2c(c1)OCC(C(O)CN1CCN(CC(=O)Nc3c(C)cccc3C)CC1)O2. The monoisotopic (exact) mass is 455 g/mol. The van der Waals surface area contributed by atoms with Gasteiger partial charge in [-0.15, -0.1) is 0 Å². The van der Waals surface area contributed by atoms with Gasteiger partial charge in [0.1, 0.15) is 18.5 Å². The number of β-amino-alcohol motifs (C(OH)–C–C–N with tert-alkyl or cyclic N) is 1. The van der Waals surface area contributed by atoms with Gasteiger partial charge in [-0.3, -0.25) is 14.6 Å². The van der Waals surface area contributed by atoms with Gasteiger partial charge in [-0.25, -0.2) is 0 Å². The first-order chi connectivity index (χ1) is 15.9. The summed E-state index contributed by atoms with van der Waals surface area (Å²) in [4.78, 5) is 16.9. The maximum Gasteiger partial charge on any atom is 0.238 e. The summed E-state index contributed by atoms with van der Waals surface area (Å²) in [5, 5.41) is 13.8. The molecular formula is C25H33N3O5. The summed E-state index contributed by atoms with van der Waals surface area (Å²) < 4.78 is 16.9. The largest absolute Gasteiger partial charge is 0.497 e. The number of rotatable bonds is 7. The summed E-state index contributed by atoms with van der Waals surface area (Å²) in [5.41, 5.74) is 3.04. The Kier molecular flexibility index (Phi) is 7.37. The Balaban J connectivity index is 1.22. The minimum atomic E-state index is -0.667. The maximum absolute atomic E-state index is 12.5. The molecule has 8 nitrogen and oxygen atoms in total. The van der Waals surface area contributed by atoms with Crippen molar-refractivity contribution in [2.24, 2.45) is 0 Å². The molecule has 2 atom stereocenters. The van der Waals surface area contributed by atoms with Crippen LogP contribution < -0.4 is 19.5 Å². The Hall–Kier alpha value is -2.81. The van der Waals surface area contributed by atoms with Crippen molar-refractivity contribution in [2.75, 3.05) is 58.3 Å². The van der Waals surface area contributed by atoms with E-state index >= 15 is 0 Å². The highest BCUT2D eigenvalue weighted by Gasteiger charge is 2.30. The van der Waals surface area contributed by atoms with E-state index in [2.05, 4.69) is 15.1 Å². The number of fused-ring (bicyclic) bond motifs is 1. The fraction of sp³-hybridized carbons (Fsp3) is 0.480. The van der Waals surface area contributed by atoms with Gasteiger partial charge in [0, 0.05) is 44.5 Å². The molecule has 0 bridgehead atoms. The molecular weight excluding hydrogens is 422 g/mol. The zero-order chi connectivity index (χ0) is 23.4. The molecule has 2 aromatic carbocycles. The number of amides is 1. The van der Waals surface area contributed by atoms with Crippen molar-refractivity contribution in [2.45, 2.75) is 26.1 Å². The van der Waals surface area contributed by atoms with Crippen LogP contribution in [0.4, 0.5) is 5.69 Å². The third-order valence-corrected chi connectivity index (χ3v) is 6.28. The van der Waals surface area contributed by atoms with Gasteiger partial charge in [-0.05, 0) is 37.1 Å². The lowest BCUT2D eigenvalue weighted by Gasteiger charge is -2.37. The fourth-order valence-electron chi connectivity index (χ4n) is 4.29. The highest BCUT2D eigenvalue weighted by molar-refractivity contribution is 5.93. The van der Waals surface area contributed by atoms with Gasteiger partial charge >= 0.3 is 0 Å². The summed E-state index contributed by atoms with van der Waals surface area (Å²) in [7, 11) is 1.61. The smallest absolute Gasteiger partial charge is 0.238 e. The maximum atomic E-state index is 12.5. The Bertz CT molecular complexity index is 954. The molecule has 1 amide bonds. The number of nitrogens with zero attached hydrogens (tertiary/aromatic N) is 2. The number of aliphatic hydroxyl groups is 1. The first-order valence-corrected chi connectivity index (χ1v) is 11.4. The van der Waals surface area contributed by atoms with Crippen LogP contribution in [0.25, 0.3) is 0 Å². The van der Waals surface area contributed by atoms with E-state index in [0.717, 1.165) is 43.0 Å². The Morgan fingerprint density at radius 2 is 1.82 bits per heavy atom. The molecule has 0 aromatic heterocycles. The molecule has 1 fully saturated rings. The topological polar surface area (TPSA) is 83.5 Å².